The molecule has 1 aromatic heterocycles. The number of ether oxygens (including phenoxy) is 1. The van der Waals surface area contributed by atoms with Crippen molar-refractivity contribution in [1.29, 1.82) is 0 Å². The fraction of sp³-hybridized carbons (Fsp3) is 0.316. The first kappa shape index (κ1) is 23.8. The first-order chi connectivity index (χ1) is 12.6. The van der Waals surface area contributed by atoms with Gasteiger partial charge in [-0.2, -0.15) is 0 Å². The molecule has 2 atom stereocenters. The van der Waals surface area contributed by atoms with Crippen LogP contribution in [-0.4, -0.2) is 42.1 Å². The second kappa shape index (κ2) is 11.6. The molecule has 3 N–H and O–H groups in total. The lowest BCUT2D eigenvalue weighted by atomic mass is 10.1. The van der Waals surface area contributed by atoms with Crippen LogP contribution in [0.15, 0.2) is 48.7 Å². The van der Waals surface area contributed by atoms with Crippen LogP contribution in [0.5, 0.6) is 0 Å². The molecule has 0 radical (unpaired) electrons. The molecule has 1 aliphatic rings. The molecule has 1 aliphatic heterocycles. The van der Waals surface area contributed by atoms with E-state index in [-0.39, 0.29) is 48.8 Å². The minimum atomic E-state index is -0.351. The average molecular weight is 427 g/mol. The predicted molar refractivity (Wildman–Crippen MR) is 112 cm³/mol. The number of hydrogen-bond donors (Lipinski definition) is 3. The van der Waals surface area contributed by atoms with Crippen LogP contribution in [0.2, 0.25) is 0 Å². The number of pyridine rings is 1. The van der Waals surface area contributed by atoms with Gasteiger partial charge in [-0.1, -0.05) is 18.2 Å². The molecule has 2 heterocycles. The Bertz CT molecular complexity index is 777. The van der Waals surface area contributed by atoms with Crippen molar-refractivity contribution >= 4 is 42.3 Å². The Hall–Kier alpha value is -2.19. The van der Waals surface area contributed by atoms with E-state index in [2.05, 4.69) is 20.9 Å². The highest BCUT2D eigenvalue weighted by atomic mass is 35.5. The lowest BCUT2D eigenvalue weighted by molar-refractivity contribution is -0.129. The SMILES string of the molecule is C[C@H]1OCCN[C@@H]1C(=O)NCc1cccc(NC(=O)c2ccccn2)c1.Cl.Cl. The third-order valence-electron chi connectivity index (χ3n) is 4.15. The van der Waals surface area contributed by atoms with Crippen molar-refractivity contribution in [3.05, 3.63) is 59.9 Å². The number of hydrogen-bond acceptors (Lipinski definition) is 5. The Kier molecular flexibility index (Phi) is 9.89. The molecule has 2 amide bonds. The number of anilines is 1. The molecule has 0 bridgehead atoms. The van der Waals surface area contributed by atoms with Crippen LogP contribution in [0.25, 0.3) is 0 Å². The minimum Gasteiger partial charge on any atom is -0.375 e. The Morgan fingerprint density at radius 3 is 2.75 bits per heavy atom. The largest absolute Gasteiger partial charge is 0.375 e. The molecule has 28 heavy (non-hydrogen) atoms. The van der Waals surface area contributed by atoms with Gasteiger partial charge in [0.25, 0.3) is 5.91 Å². The summed E-state index contributed by atoms with van der Waals surface area (Å²) in [6.45, 7) is 3.53. The van der Waals surface area contributed by atoms with Crippen molar-refractivity contribution in [1.82, 2.24) is 15.6 Å². The number of morpholine rings is 1. The molecule has 0 unspecified atom stereocenters. The number of amides is 2. The highest BCUT2D eigenvalue weighted by molar-refractivity contribution is 6.02. The van der Waals surface area contributed by atoms with Crippen molar-refractivity contribution in [3.8, 4) is 0 Å². The summed E-state index contributed by atoms with van der Waals surface area (Å²) in [4.78, 5) is 28.5. The fourth-order valence-corrected chi connectivity index (χ4v) is 2.78. The summed E-state index contributed by atoms with van der Waals surface area (Å²) in [5, 5.41) is 8.87. The second-order valence-corrected chi connectivity index (χ2v) is 6.09. The third-order valence-corrected chi connectivity index (χ3v) is 4.15. The summed E-state index contributed by atoms with van der Waals surface area (Å²) in [6.07, 6.45) is 1.41. The predicted octanol–water partition coefficient (Wildman–Crippen LogP) is 2.17. The molecular formula is C19H24Cl2N4O3. The molecule has 1 aromatic carbocycles. The molecule has 2 aromatic rings. The molecule has 9 heteroatoms. The first-order valence-electron chi connectivity index (χ1n) is 8.57. The van der Waals surface area contributed by atoms with E-state index in [1.54, 1.807) is 30.5 Å². The standard InChI is InChI=1S/C19H22N4O3.2ClH/c1-13-17(21-9-10-26-13)19(25)22-12-14-5-4-6-15(11-14)23-18(24)16-7-2-3-8-20-16;;/h2-8,11,13,17,21H,9-10,12H2,1H3,(H,22,25)(H,23,24);2*1H/t13-,17+;;/m1../s1. The van der Waals surface area contributed by atoms with Gasteiger partial charge in [-0.05, 0) is 36.8 Å². The Labute approximate surface area is 176 Å². The van der Waals surface area contributed by atoms with Crippen molar-refractivity contribution in [2.24, 2.45) is 0 Å². The van der Waals surface area contributed by atoms with Crippen LogP contribution < -0.4 is 16.0 Å². The van der Waals surface area contributed by atoms with Crippen LogP contribution in [0, 0.1) is 0 Å². The highest BCUT2D eigenvalue weighted by Gasteiger charge is 2.27. The number of aromatic nitrogens is 1. The van der Waals surface area contributed by atoms with Crippen molar-refractivity contribution in [3.63, 3.8) is 0 Å². The van der Waals surface area contributed by atoms with E-state index >= 15 is 0 Å². The van der Waals surface area contributed by atoms with Crippen LogP contribution in [0.4, 0.5) is 5.69 Å². The van der Waals surface area contributed by atoms with E-state index in [0.717, 1.165) is 5.56 Å². The van der Waals surface area contributed by atoms with Crippen LogP contribution in [0.3, 0.4) is 0 Å². The van der Waals surface area contributed by atoms with Gasteiger partial charge in [0.15, 0.2) is 0 Å². The maximum Gasteiger partial charge on any atom is 0.274 e. The molecule has 1 saturated heterocycles. The molecule has 1 fully saturated rings. The van der Waals surface area contributed by atoms with Gasteiger partial charge < -0.3 is 20.7 Å². The maximum absolute atomic E-state index is 12.3. The summed E-state index contributed by atoms with van der Waals surface area (Å²) in [7, 11) is 0. The maximum atomic E-state index is 12.3. The third kappa shape index (κ3) is 6.45. The molecule has 3 rings (SSSR count). The van der Waals surface area contributed by atoms with E-state index in [9.17, 15) is 9.59 Å². The molecule has 0 spiro atoms. The van der Waals surface area contributed by atoms with E-state index in [4.69, 9.17) is 4.74 Å². The van der Waals surface area contributed by atoms with Gasteiger partial charge in [-0.15, -0.1) is 24.8 Å². The van der Waals surface area contributed by atoms with Gasteiger partial charge in [0.05, 0.1) is 12.7 Å². The second-order valence-electron chi connectivity index (χ2n) is 6.09. The van der Waals surface area contributed by atoms with Crippen LogP contribution >= 0.6 is 24.8 Å². The van der Waals surface area contributed by atoms with Crippen molar-refractivity contribution in [2.45, 2.75) is 25.6 Å². The number of nitrogens with zero attached hydrogens (tertiary/aromatic N) is 1. The van der Waals surface area contributed by atoms with Gasteiger partial charge in [-0.3, -0.25) is 14.6 Å². The molecule has 152 valence electrons. The quantitative estimate of drug-likeness (QED) is 0.681. The number of benzene rings is 1. The molecular weight excluding hydrogens is 403 g/mol. The lowest BCUT2D eigenvalue weighted by Crippen LogP contribution is -2.55. The Morgan fingerprint density at radius 2 is 2.04 bits per heavy atom. The van der Waals surface area contributed by atoms with Gasteiger partial charge in [0.2, 0.25) is 5.91 Å². The number of carbonyl (C=O) groups is 2. The summed E-state index contributed by atoms with van der Waals surface area (Å²) in [5.74, 6) is -0.371. The van der Waals surface area contributed by atoms with Gasteiger partial charge in [0, 0.05) is 25.0 Å². The zero-order chi connectivity index (χ0) is 18.4. The zero-order valence-corrected chi connectivity index (χ0v) is 17.0. The van der Waals surface area contributed by atoms with Crippen molar-refractivity contribution in [2.75, 3.05) is 18.5 Å². The van der Waals surface area contributed by atoms with Gasteiger partial charge in [-0.25, -0.2) is 0 Å². The topological polar surface area (TPSA) is 92.4 Å². The van der Waals surface area contributed by atoms with E-state index in [1.165, 1.54) is 0 Å². The van der Waals surface area contributed by atoms with E-state index in [0.29, 0.717) is 31.1 Å². The summed E-state index contributed by atoms with van der Waals surface area (Å²) < 4.78 is 5.49. The average Bonchev–Trinajstić information content (AvgIpc) is 2.67. The molecule has 0 aliphatic carbocycles. The Morgan fingerprint density at radius 1 is 1.21 bits per heavy atom. The number of rotatable bonds is 5. The van der Waals surface area contributed by atoms with E-state index < -0.39 is 0 Å². The van der Waals surface area contributed by atoms with Crippen molar-refractivity contribution < 1.29 is 14.3 Å². The first-order valence-corrected chi connectivity index (χ1v) is 8.57. The number of carbonyl (C=O) groups excluding carboxylic acids is 2. The van der Waals surface area contributed by atoms with Crippen LogP contribution in [-0.2, 0) is 16.1 Å². The normalized spacial score (nSPS) is 18.2. The van der Waals surface area contributed by atoms with Gasteiger partial charge >= 0.3 is 0 Å². The lowest BCUT2D eigenvalue weighted by Gasteiger charge is -2.29. The monoisotopic (exact) mass is 426 g/mol. The van der Waals surface area contributed by atoms with E-state index in [1.807, 2.05) is 25.1 Å². The minimum absolute atomic E-state index is 0. The molecule has 0 saturated carbocycles. The number of halogens is 2. The Balaban J connectivity index is 0.00000196. The van der Waals surface area contributed by atoms with Crippen LogP contribution in [0.1, 0.15) is 23.0 Å². The fourth-order valence-electron chi connectivity index (χ4n) is 2.78. The zero-order valence-electron chi connectivity index (χ0n) is 15.4. The van der Waals surface area contributed by atoms with Gasteiger partial charge in [0.1, 0.15) is 11.7 Å². The summed E-state index contributed by atoms with van der Waals surface area (Å²) in [6, 6.07) is 12.2. The number of nitrogens with one attached hydrogen (secondary N) is 3. The molecule has 7 nitrogen and oxygen atoms in total. The smallest absolute Gasteiger partial charge is 0.274 e. The summed E-state index contributed by atoms with van der Waals surface area (Å²) in [5.41, 5.74) is 1.89. The highest BCUT2D eigenvalue weighted by Crippen LogP contribution is 2.12. The summed E-state index contributed by atoms with van der Waals surface area (Å²) >= 11 is 0.